The van der Waals surface area contributed by atoms with E-state index in [1.54, 1.807) is 0 Å². The van der Waals surface area contributed by atoms with Crippen LogP contribution in [0.1, 0.15) is 49.4 Å². The molecule has 2 aromatic carbocycles. The molecule has 3 aromatic rings. The third-order valence-electron chi connectivity index (χ3n) is 7.54. The van der Waals surface area contributed by atoms with Crippen molar-refractivity contribution in [2.24, 2.45) is 5.92 Å². The lowest BCUT2D eigenvalue weighted by Gasteiger charge is -2.36. The van der Waals surface area contributed by atoms with Crippen LogP contribution in [0.15, 0.2) is 48.0 Å². The van der Waals surface area contributed by atoms with Gasteiger partial charge in [-0.3, -0.25) is 14.4 Å². The fourth-order valence-corrected chi connectivity index (χ4v) is 6.05. The highest BCUT2D eigenvalue weighted by molar-refractivity contribution is 6.34. The van der Waals surface area contributed by atoms with Crippen molar-refractivity contribution in [2.75, 3.05) is 19.6 Å². The number of nitrogens with zero attached hydrogens (tertiary/aromatic N) is 3. The molecule has 1 unspecified atom stereocenters. The number of fused-ring (bicyclic) bond motifs is 2. The van der Waals surface area contributed by atoms with Gasteiger partial charge < -0.3 is 14.6 Å². The number of piperidine rings is 1. The number of ether oxygens (including phenoxy) is 1. The van der Waals surface area contributed by atoms with Gasteiger partial charge in [0, 0.05) is 24.5 Å². The van der Waals surface area contributed by atoms with Gasteiger partial charge in [0.25, 0.3) is 0 Å². The number of carboxylic acid groups (broad SMARTS) is 1. The van der Waals surface area contributed by atoms with Gasteiger partial charge in [0.1, 0.15) is 23.5 Å². The summed E-state index contributed by atoms with van der Waals surface area (Å²) in [5.74, 6) is -0.467. The van der Waals surface area contributed by atoms with E-state index < -0.39 is 10.8 Å². The Morgan fingerprint density at radius 2 is 2.11 bits per heavy atom. The second kappa shape index (κ2) is 10.7. The molecule has 5 rings (SSSR count). The molecule has 7 nitrogen and oxygen atoms in total. The van der Waals surface area contributed by atoms with Crippen LogP contribution in [0.4, 0.5) is 0 Å². The maximum Gasteiger partial charge on any atom is 0.307 e. The van der Waals surface area contributed by atoms with E-state index in [4.69, 9.17) is 27.9 Å². The van der Waals surface area contributed by atoms with Crippen LogP contribution in [0, 0.1) is 5.92 Å². The van der Waals surface area contributed by atoms with Crippen molar-refractivity contribution in [3.05, 3.63) is 69.9 Å². The van der Waals surface area contributed by atoms with Gasteiger partial charge in [-0.05, 0) is 86.2 Å². The monoisotopic (exact) mass is 555 g/mol. The smallest absolute Gasteiger partial charge is 0.307 e. The normalized spacial score (nSPS) is 21.8. The standard InChI is InChI=1S/C29H31Cl2N3O4/c1-18(2)34-26-10-5-19(12-24(26)27(30)32-34)16-38-23-8-9-25-20(13-23)6-7-22(29(25,31)17-35)15-33-11-3-4-21(14-33)28(36)37/h5,7-10,12-13,17-18,21H,3-4,6,11,14-16H2,1-2H3,(H,36,37)/t21-,29?/m0/s1. The van der Waals surface area contributed by atoms with Crippen LogP contribution in [0.2, 0.25) is 5.15 Å². The van der Waals surface area contributed by atoms with Crippen molar-refractivity contribution >= 4 is 46.4 Å². The topological polar surface area (TPSA) is 84.7 Å². The first-order valence-corrected chi connectivity index (χ1v) is 13.7. The second-order valence-electron chi connectivity index (χ2n) is 10.5. The zero-order valence-corrected chi connectivity index (χ0v) is 23.0. The van der Waals surface area contributed by atoms with Crippen molar-refractivity contribution in [1.82, 2.24) is 14.7 Å². The number of carbonyl (C=O) groups excluding carboxylic acids is 1. The van der Waals surface area contributed by atoms with E-state index in [9.17, 15) is 14.7 Å². The molecule has 1 saturated heterocycles. The number of benzene rings is 2. The van der Waals surface area contributed by atoms with Gasteiger partial charge in [-0.15, -0.1) is 11.6 Å². The van der Waals surface area contributed by atoms with Gasteiger partial charge in [-0.25, -0.2) is 0 Å². The summed E-state index contributed by atoms with van der Waals surface area (Å²) in [6.45, 7) is 6.23. The predicted octanol–water partition coefficient (Wildman–Crippen LogP) is 5.76. The van der Waals surface area contributed by atoms with Crippen LogP contribution in [-0.4, -0.2) is 51.7 Å². The maximum absolute atomic E-state index is 12.3. The molecule has 2 aliphatic rings. The van der Waals surface area contributed by atoms with Gasteiger partial charge in [0.05, 0.1) is 11.4 Å². The number of alkyl halides is 1. The highest BCUT2D eigenvalue weighted by atomic mass is 35.5. The summed E-state index contributed by atoms with van der Waals surface area (Å²) in [7, 11) is 0. The van der Waals surface area contributed by atoms with Crippen molar-refractivity contribution in [3.8, 4) is 5.75 Å². The fourth-order valence-electron chi connectivity index (χ4n) is 5.50. The number of carbonyl (C=O) groups is 2. The highest BCUT2D eigenvalue weighted by Gasteiger charge is 2.39. The summed E-state index contributed by atoms with van der Waals surface area (Å²) < 4.78 is 8.01. The minimum Gasteiger partial charge on any atom is -0.489 e. The summed E-state index contributed by atoms with van der Waals surface area (Å²) >= 11 is 13.3. The second-order valence-corrected chi connectivity index (χ2v) is 11.4. The average Bonchev–Trinajstić information content (AvgIpc) is 3.25. The third kappa shape index (κ3) is 5.07. The van der Waals surface area contributed by atoms with Crippen LogP contribution in [-0.2, 0) is 27.5 Å². The lowest BCUT2D eigenvalue weighted by molar-refractivity contribution is -0.143. The summed E-state index contributed by atoms with van der Waals surface area (Å²) in [6.07, 6.45) is 4.90. The molecule has 38 heavy (non-hydrogen) atoms. The van der Waals surface area contributed by atoms with Gasteiger partial charge >= 0.3 is 5.97 Å². The SMILES string of the molecule is CC(C)n1nc(Cl)c2cc(COc3ccc4c(c3)CC=C(CN3CCC[C@H](C(=O)O)C3)C4(Cl)C=O)ccc21. The largest absolute Gasteiger partial charge is 0.489 e. The van der Waals surface area contributed by atoms with Gasteiger partial charge in [0.15, 0.2) is 5.15 Å². The van der Waals surface area contributed by atoms with E-state index in [1.807, 2.05) is 47.2 Å². The highest BCUT2D eigenvalue weighted by Crippen LogP contribution is 2.42. The zero-order valence-electron chi connectivity index (χ0n) is 21.5. The molecule has 9 heteroatoms. The van der Waals surface area contributed by atoms with E-state index in [2.05, 4.69) is 23.8 Å². The number of aromatic nitrogens is 2. The van der Waals surface area contributed by atoms with Crippen molar-refractivity contribution in [2.45, 2.75) is 50.6 Å². The summed E-state index contributed by atoms with van der Waals surface area (Å²) in [4.78, 5) is 24.6. The zero-order chi connectivity index (χ0) is 27.0. The van der Waals surface area contributed by atoms with Gasteiger partial charge in [0.2, 0.25) is 0 Å². The molecule has 0 radical (unpaired) electrons. The van der Waals surface area contributed by atoms with Crippen LogP contribution in [0.5, 0.6) is 5.75 Å². The quantitative estimate of drug-likeness (QED) is 0.216. The van der Waals surface area contributed by atoms with Crippen LogP contribution in [0.25, 0.3) is 10.9 Å². The lowest BCUT2D eigenvalue weighted by atomic mass is 9.81. The number of hydrogen-bond acceptors (Lipinski definition) is 5. The van der Waals surface area contributed by atoms with Crippen LogP contribution in [0.3, 0.4) is 0 Å². The molecule has 0 spiro atoms. The number of hydrogen-bond donors (Lipinski definition) is 1. The Labute approximate surface area is 232 Å². The molecule has 0 amide bonds. The number of rotatable bonds is 8. The molecule has 1 fully saturated rings. The first-order valence-electron chi connectivity index (χ1n) is 12.9. The fraction of sp³-hybridized carbons (Fsp3) is 0.414. The number of aliphatic carboxylic acids is 1. The molecule has 0 saturated carbocycles. The molecule has 2 heterocycles. The average molecular weight is 556 g/mol. The molecular formula is C29H31Cl2N3O4. The Morgan fingerprint density at radius 1 is 1.29 bits per heavy atom. The number of allylic oxidation sites excluding steroid dienone is 1. The molecule has 200 valence electrons. The Balaban J connectivity index is 1.30. The molecule has 1 aliphatic heterocycles. The third-order valence-corrected chi connectivity index (χ3v) is 8.35. The van der Waals surface area contributed by atoms with E-state index in [-0.39, 0.29) is 12.0 Å². The van der Waals surface area contributed by atoms with Crippen LogP contribution < -0.4 is 4.74 Å². The molecule has 0 bridgehead atoms. The molecule has 1 N–H and O–H groups in total. The minimum atomic E-state index is -1.28. The Kier molecular flexibility index (Phi) is 7.54. The Morgan fingerprint density at radius 3 is 2.84 bits per heavy atom. The number of carboxylic acids is 1. The van der Waals surface area contributed by atoms with Crippen molar-refractivity contribution in [1.29, 1.82) is 0 Å². The Hall–Kier alpha value is -2.87. The number of likely N-dealkylation sites (tertiary alicyclic amines) is 1. The summed E-state index contributed by atoms with van der Waals surface area (Å²) in [5.41, 5.74) is 4.45. The maximum atomic E-state index is 12.3. The summed E-state index contributed by atoms with van der Waals surface area (Å²) in [6, 6.07) is 11.9. The molecular weight excluding hydrogens is 525 g/mol. The van der Waals surface area contributed by atoms with Gasteiger partial charge in [-0.2, -0.15) is 5.10 Å². The van der Waals surface area contributed by atoms with E-state index >= 15 is 0 Å². The molecule has 1 aromatic heterocycles. The number of aldehydes is 1. The Bertz CT molecular complexity index is 1420. The molecule has 2 atom stereocenters. The predicted molar refractivity (Wildman–Crippen MR) is 148 cm³/mol. The number of halogens is 2. The van der Waals surface area contributed by atoms with E-state index in [0.29, 0.717) is 43.4 Å². The van der Waals surface area contributed by atoms with Crippen molar-refractivity contribution < 1.29 is 19.4 Å². The van der Waals surface area contributed by atoms with E-state index in [0.717, 1.165) is 52.4 Å². The lowest BCUT2D eigenvalue weighted by Crippen LogP contribution is -2.42. The van der Waals surface area contributed by atoms with Gasteiger partial charge in [-0.1, -0.05) is 29.8 Å². The summed E-state index contributed by atoms with van der Waals surface area (Å²) in [5, 5.41) is 15.2. The minimum absolute atomic E-state index is 0.207. The first kappa shape index (κ1) is 26.7. The first-order chi connectivity index (χ1) is 18.2. The van der Waals surface area contributed by atoms with Crippen LogP contribution >= 0.6 is 23.2 Å². The van der Waals surface area contributed by atoms with E-state index in [1.165, 1.54) is 0 Å². The van der Waals surface area contributed by atoms with Crippen molar-refractivity contribution in [3.63, 3.8) is 0 Å². The molecule has 1 aliphatic carbocycles.